The lowest BCUT2D eigenvalue weighted by molar-refractivity contribution is 0.494. The molecule has 4 heteroatoms. The predicted molar refractivity (Wildman–Crippen MR) is 44.8 cm³/mol. The first-order valence-electron chi connectivity index (χ1n) is 3.70. The molecule has 0 aliphatic heterocycles. The van der Waals surface area contributed by atoms with Crippen molar-refractivity contribution in [2.45, 2.75) is 32.6 Å². The van der Waals surface area contributed by atoms with Crippen LogP contribution in [0.25, 0.3) is 0 Å². The van der Waals surface area contributed by atoms with E-state index in [0.29, 0.717) is 6.42 Å². The molecule has 0 rings (SSSR count). The lowest BCUT2D eigenvalue weighted by Gasteiger charge is -1.90. The molecule has 0 unspecified atom stereocenters. The molecule has 0 aromatic carbocycles. The Morgan fingerprint density at radius 2 is 2.00 bits per heavy atom. The summed E-state index contributed by atoms with van der Waals surface area (Å²) < 4.78 is 28.5. The van der Waals surface area contributed by atoms with E-state index in [9.17, 15) is 8.42 Å². The van der Waals surface area contributed by atoms with Crippen molar-refractivity contribution < 1.29 is 13.0 Å². The van der Waals surface area contributed by atoms with Crippen LogP contribution < -0.4 is 0 Å². The molecular weight excluding hydrogens is 164 g/mol. The quantitative estimate of drug-likeness (QED) is 0.517. The van der Waals surface area contributed by atoms with Gasteiger partial charge >= 0.3 is 0 Å². The number of rotatable bonds is 5. The second kappa shape index (κ2) is 5.32. The van der Waals surface area contributed by atoms with E-state index in [1.807, 2.05) is 0 Å². The molecule has 1 N–H and O–H groups in total. The minimum absolute atomic E-state index is 0.716. The highest BCUT2D eigenvalue weighted by molar-refractivity contribution is 7.88. The van der Waals surface area contributed by atoms with Crippen LogP contribution >= 0.6 is 0 Å². The molecule has 0 aliphatic rings. The predicted octanol–water partition coefficient (Wildman–Crippen LogP) is 1.97. The van der Waals surface area contributed by atoms with E-state index in [4.69, 9.17) is 4.55 Å². The van der Waals surface area contributed by atoms with Gasteiger partial charge in [0.05, 0.1) is 5.41 Å². The van der Waals surface area contributed by atoms with Crippen molar-refractivity contribution in [3.05, 3.63) is 11.5 Å². The number of hydrogen-bond acceptors (Lipinski definition) is 2. The van der Waals surface area contributed by atoms with Gasteiger partial charge < -0.3 is 0 Å². The van der Waals surface area contributed by atoms with Crippen molar-refractivity contribution in [1.82, 2.24) is 0 Å². The third-order valence-electron chi connectivity index (χ3n) is 1.24. The fourth-order valence-corrected chi connectivity index (χ4v) is 1.08. The highest BCUT2D eigenvalue weighted by atomic mass is 32.2. The van der Waals surface area contributed by atoms with Crippen LogP contribution in [0.2, 0.25) is 0 Å². The first-order chi connectivity index (χ1) is 5.06. The summed E-state index contributed by atoms with van der Waals surface area (Å²) in [5.74, 6) is 0. The van der Waals surface area contributed by atoms with Gasteiger partial charge in [0.25, 0.3) is 10.1 Å². The SMILES string of the molecule is CCCCC/C=C/S(=O)(=O)O. The molecule has 0 spiro atoms. The summed E-state index contributed by atoms with van der Waals surface area (Å²) in [4.78, 5) is 0. The van der Waals surface area contributed by atoms with Crippen molar-refractivity contribution >= 4 is 10.1 Å². The van der Waals surface area contributed by atoms with Crippen LogP contribution in [0, 0.1) is 0 Å². The van der Waals surface area contributed by atoms with Gasteiger partial charge in [-0.1, -0.05) is 25.8 Å². The van der Waals surface area contributed by atoms with E-state index in [1.54, 1.807) is 0 Å². The fraction of sp³-hybridized carbons (Fsp3) is 0.714. The molecule has 11 heavy (non-hydrogen) atoms. The van der Waals surface area contributed by atoms with Crippen LogP contribution in [0.3, 0.4) is 0 Å². The van der Waals surface area contributed by atoms with Gasteiger partial charge in [-0.05, 0) is 12.8 Å². The summed E-state index contributed by atoms with van der Waals surface area (Å²) in [6, 6.07) is 0. The molecule has 0 bridgehead atoms. The minimum Gasteiger partial charge on any atom is -0.282 e. The molecule has 0 heterocycles. The van der Waals surface area contributed by atoms with Crippen LogP contribution in [-0.2, 0) is 10.1 Å². The summed E-state index contributed by atoms with van der Waals surface area (Å²) in [6.45, 7) is 2.08. The van der Waals surface area contributed by atoms with Crippen LogP contribution in [0.5, 0.6) is 0 Å². The van der Waals surface area contributed by atoms with Gasteiger partial charge in [0.2, 0.25) is 0 Å². The Bertz CT molecular complexity index is 204. The molecule has 0 aromatic heterocycles. The molecule has 0 aromatic rings. The minimum atomic E-state index is -3.89. The average Bonchev–Trinajstić information content (AvgIpc) is 1.85. The van der Waals surface area contributed by atoms with Crippen LogP contribution in [0.15, 0.2) is 11.5 Å². The highest BCUT2D eigenvalue weighted by Crippen LogP contribution is 2.00. The van der Waals surface area contributed by atoms with E-state index < -0.39 is 10.1 Å². The second-order valence-corrected chi connectivity index (χ2v) is 3.68. The van der Waals surface area contributed by atoms with E-state index in [2.05, 4.69) is 6.92 Å². The van der Waals surface area contributed by atoms with Gasteiger partial charge in [0.1, 0.15) is 0 Å². The van der Waals surface area contributed by atoms with E-state index in [1.165, 1.54) is 6.08 Å². The first-order valence-corrected chi connectivity index (χ1v) is 5.20. The molecule has 0 amide bonds. The Morgan fingerprint density at radius 1 is 1.36 bits per heavy atom. The smallest absolute Gasteiger partial charge is 0.282 e. The van der Waals surface area contributed by atoms with Crippen molar-refractivity contribution in [1.29, 1.82) is 0 Å². The van der Waals surface area contributed by atoms with Crippen LogP contribution in [0.4, 0.5) is 0 Å². The van der Waals surface area contributed by atoms with Crippen LogP contribution in [-0.4, -0.2) is 13.0 Å². The third-order valence-corrected chi connectivity index (χ3v) is 1.78. The Labute approximate surface area is 67.9 Å². The van der Waals surface area contributed by atoms with Gasteiger partial charge in [0, 0.05) is 0 Å². The van der Waals surface area contributed by atoms with Gasteiger partial charge in [-0.25, -0.2) is 0 Å². The molecule has 0 aliphatic carbocycles. The summed E-state index contributed by atoms with van der Waals surface area (Å²) >= 11 is 0. The number of hydrogen-bond donors (Lipinski definition) is 1. The Balaban J connectivity index is 3.46. The highest BCUT2D eigenvalue weighted by Gasteiger charge is 1.93. The van der Waals surface area contributed by atoms with E-state index in [0.717, 1.165) is 24.7 Å². The lowest BCUT2D eigenvalue weighted by atomic mass is 10.2. The average molecular weight is 178 g/mol. The Kier molecular flexibility index (Phi) is 5.15. The molecule has 3 nitrogen and oxygen atoms in total. The maximum absolute atomic E-state index is 10.1. The molecule has 0 saturated heterocycles. The standard InChI is InChI=1S/C7H14O3S/c1-2-3-4-5-6-7-11(8,9)10/h6-7H,2-5H2,1H3,(H,8,9,10)/b7-6+. The normalized spacial score (nSPS) is 12.5. The molecule has 0 fully saturated rings. The first kappa shape index (κ1) is 10.7. The number of unbranched alkanes of at least 4 members (excludes halogenated alkanes) is 3. The van der Waals surface area contributed by atoms with E-state index >= 15 is 0 Å². The van der Waals surface area contributed by atoms with Crippen LogP contribution in [0.1, 0.15) is 32.6 Å². The molecule has 0 saturated carbocycles. The summed E-state index contributed by atoms with van der Waals surface area (Å²) in [5.41, 5.74) is 0. The molecular formula is C7H14O3S. The van der Waals surface area contributed by atoms with Gasteiger partial charge in [0.15, 0.2) is 0 Å². The monoisotopic (exact) mass is 178 g/mol. The Morgan fingerprint density at radius 3 is 2.45 bits per heavy atom. The number of allylic oxidation sites excluding steroid dienone is 1. The topological polar surface area (TPSA) is 54.4 Å². The zero-order valence-corrected chi connectivity index (χ0v) is 7.47. The Hall–Kier alpha value is -0.350. The molecule has 66 valence electrons. The van der Waals surface area contributed by atoms with Crippen molar-refractivity contribution in [2.24, 2.45) is 0 Å². The molecule has 0 radical (unpaired) electrons. The third kappa shape index (κ3) is 9.65. The van der Waals surface area contributed by atoms with Crippen molar-refractivity contribution in [3.63, 3.8) is 0 Å². The van der Waals surface area contributed by atoms with Crippen molar-refractivity contribution in [3.8, 4) is 0 Å². The van der Waals surface area contributed by atoms with E-state index in [-0.39, 0.29) is 0 Å². The maximum Gasteiger partial charge on any atom is 0.287 e. The second-order valence-electron chi connectivity index (χ2n) is 2.38. The summed E-state index contributed by atoms with van der Waals surface area (Å²) in [5, 5.41) is 0.836. The van der Waals surface area contributed by atoms with Gasteiger partial charge in [-0.15, -0.1) is 0 Å². The zero-order valence-electron chi connectivity index (χ0n) is 6.66. The largest absolute Gasteiger partial charge is 0.287 e. The summed E-state index contributed by atoms with van der Waals surface area (Å²) in [6.07, 6.45) is 5.37. The van der Waals surface area contributed by atoms with Gasteiger partial charge in [-0.3, -0.25) is 4.55 Å². The fourth-order valence-electron chi connectivity index (χ4n) is 0.702. The lowest BCUT2D eigenvalue weighted by Crippen LogP contribution is -1.88. The van der Waals surface area contributed by atoms with Crippen molar-refractivity contribution in [2.75, 3.05) is 0 Å². The summed E-state index contributed by atoms with van der Waals surface area (Å²) in [7, 11) is -3.89. The molecule has 0 atom stereocenters. The van der Waals surface area contributed by atoms with Gasteiger partial charge in [-0.2, -0.15) is 8.42 Å². The zero-order chi connectivity index (χ0) is 8.74. The maximum atomic E-state index is 10.1.